The van der Waals surface area contributed by atoms with Crippen molar-refractivity contribution in [2.45, 2.75) is 52.2 Å². The molecule has 6 heteroatoms. The zero-order chi connectivity index (χ0) is 24.7. The summed E-state index contributed by atoms with van der Waals surface area (Å²) < 4.78 is 0. The first-order valence-corrected chi connectivity index (χ1v) is 12.1. The van der Waals surface area contributed by atoms with Crippen molar-refractivity contribution < 1.29 is 9.59 Å². The summed E-state index contributed by atoms with van der Waals surface area (Å²) in [5, 5.41) is 3.97. The zero-order valence-electron chi connectivity index (χ0n) is 19.7. The van der Waals surface area contributed by atoms with Gasteiger partial charge in [0.25, 0.3) is 0 Å². The summed E-state index contributed by atoms with van der Waals surface area (Å²) >= 11 is 12.6. The molecule has 0 saturated carbocycles. The number of hydrogen-bond donors (Lipinski definition) is 1. The molecule has 1 atom stereocenters. The van der Waals surface area contributed by atoms with Gasteiger partial charge in [0.2, 0.25) is 11.8 Å². The molecule has 0 bridgehead atoms. The first-order valence-electron chi connectivity index (χ1n) is 11.4. The number of amides is 2. The second-order valence-corrected chi connectivity index (χ2v) is 9.64. The van der Waals surface area contributed by atoms with Gasteiger partial charge in [0.1, 0.15) is 6.04 Å². The van der Waals surface area contributed by atoms with Gasteiger partial charge in [-0.15, -0.1) is 0 Å². The minimum atomic E-state index is -0.700. The normalized spacial score (nSPS) is 11.8. The summed E-state index contributed by atoms with van der Waals surface area (Å²) in [6.07, 6.45) is 0.581. The van der Waals surface area contributed by atoms with Crippen LogP contribution in [-0.2, 0) is 29.0 Å². The first-order chi connectivity index (χ1) is 16.2. The Labute approximate surface area is 211 Å². The van der Waals surface area contributed by atoms with Crippen molar-refractivity contribution in [3.8, 4) is 0 Å². The van der Waals surface area contributed by atoms with E-state index in [4.69, 9.17) is 23.2 Å². The molecule has 34 heavy (non-hydrogen) atoms. The van der Waals surface area contributed by atoms with Gasteiger partial charge in [-0.3, -0.25) is 9.59 Å². The third kappa shape index (κ3) is 7.34. The maximum atomic E-state index is 13.7. The summed E-state index contributed by atoms with van der Waals surface area (Å²) in [6, 6.07) is 22.0. The highest BCUT2D eigenvalue weighted by Gasteiger charge is 2.31. The quantitative estimate of drug-likeness (QED) is 0.394. The van der Waals surface area contributed by atoms with Gasteiger partial charge >= 0.3 is 0 Å². The molecule has 0 aliphatic carbocycles. The van der Waals surface area contributed by atoms with Crippen LogP contribution in [0.5, 0.6) is 0 Å². The average Bonchev–Trinajstić information content (AvgIpc) is 2.77. The molecular weight excluding hydrogens is 467 g/mol. The number of benzene rings is 3. The monoisotopic (exact) mass is 496 g/mol. The highest BCUT2D eigenvalue weighted by Crippen LogP contribution is 2.24. The molecule has 0 fully saturated rings. The Morgan fingerprint density at radius 1 is 0.912 bits per heavy atom. The van der Waals surface area contributed by atoms with E-state index in [1.54, 1.807) is 23.1 Å². The Morgan fingerprint density at radius 2 is 1.62 bits per heavy atom. The lowest BCUT2D eigenvalue weighted by Gasteiger charge is -2.32. The highest BCUT2D eigenvalue weighted by atomic mass is 35.5. The summed E-state index contributed by atoms with van der Waals surface area (Å²) in [5.41, 5.74) is 3.69. The molecule has 0 aliphatic rings. The predicted octanol–water partition coefficient (Wildman–Crippen LogP) is 6.01. The predicted molar refractivity (Wildman–Crippen MR) is 139 cm³/mol. The summed E-state index contributed by atoms with van der Waals surface area (Å²) in [4.78, 5) is 28.7. The van der Waals surface area contributed by atoms with E-state index in [1.807, 2.05) is 75.4 Å². The van der Waals surface area contributed by atoms with Crippen LogP contribution in [-0.4, -0.2) is 28.8 Å². The van der Waals surface area contributed by atoms with Crippen LogP contribution in [0.15, 0.2) is 72.8 Å². The van der Waals surface area contributed by atoms with E-state index in [-0.39, 0.29) is 30.8 Å². The van der Waals surface area contributed by atoms with Gasteiger partial charge in [-0.1, -0.05) is 89.4 Å². The molecule has 178 valence electrons. The fraction of sp³-hybridized carbons (Fsp3) is 0.286. The fourth-order valence-electron chi connectivity index (χ4n) is 3.87. The molecule has 0 spiro atoms. The summed E-state index contributed by atoms with van der Waals surface area (Å²) in [6.45, 7) is 6.01. The largest absolute Gasteiger partial charge is 0.352 e. The van der Waals surface area contributed by atoms with E-state index < -0.39 is 6.04 Å². The van der Waals surface area contributed by atoms with Crippen molar-refractivity contribution in [1.29, 1.82) is 0 Å². The van der Waals surface area contributed by atoms with E-state index in [0.717, 1.165) is 22.3 Å². The number of carbonyl (C=O) groups is 2. The molecule has 0 heterocycles. The van der Waals surface area contributed by atoms with Crippen LogP contribution >= 0.6 is 23.2 Å². The molecule has 4 nitrogen and oxygen atoms in total. The smallest absolute Gasteiger partial charge is 0.243 e. The van der Waals surface area contributed by atoms with Crippen LogP contribution in [0.3, 0.4) is 0 Å². The van der Waals surface area contributed by atoms with Crippen LogP contribution in [0.4, 0.5) is 0 Å². The molecule has 0 aromatic heterocycles. The second kappa shape index (κ2) is 12.0. The average molecular weight is 497 g/mol. The van der Waals surface area contributed by atoms with Gasteiger partial charge in [-0.2, -0.15) is 0 Å². The van der Waals surface area contributed by atoms with Crippen LogP contribution in [0.2, 0.25) is 10.0 Å². The van der Waals surface area contributed by atoms with Gasteiger partial charge in [-0.25, -0.2) is 0 Å². The first kappa shape index (κ1) is 25.8. The standard InChI is InChI=1S/C28H30Cl2N2O2/c1-19(2)31-28(34)26(15-21-9-5-4-6-10-21)32(18-23-12-13-24(29)17-25(23)30)27(33)16-22-11-7-8-20(3)14-22/h4-14,17,19,26H,15-16,18H2,1-3H3,(H,31,34)/t26-/m0/s1. The maximum Gasteiger partial charge on any atom is 0.243 e. The van der Waals surface area contributed by atoms with Gasteiger partial charge < -0.3 is 10.2 Å². The Bertz CT molecular complexity index is 1130. The highest BCUT2D eigenvalue weighted by molar-refractivity contribution is 6.35. The molecule has 0 radical (unpaired) electrons. The molecule has 1 N–H and O–H groups in total. The van der Waals surface area contributed by atoms with Crippen molar-refractivity contribution in [2.24, 2.45) is 0 Å². The van der Waals surface area contributed by atoms with Crippen molar-refractivity contribution in [1.82, 2.24) is 10.2 Å². The van der Waals surface area contributed by atoms with Gasteiger partial charge in [0.15, 0.2) is 0 Å². The van der Waals surface area contributed by atoms with Gasteiger partial charge in [-0.05, 0) is 49.6 Å². The third-order valence-electron chi connectivity index (χ3n) is 5.50. The lowest BCUT2D eigenvalue weighted by molar-refractivity contribution is -0.141. The van der Waals surface area contributed by atoms with Crippen molar-refractivity contribution in [3.05, 3.63) is 105 Å². The number of halogens is 2. The third-order valence-corrected chi connectivity index (χ3v) is 6.08. The van der Waals surface area contributed by atoms with Crippen LogP contribution in [0.1, 0.15) is 36.1 Å². The number of aryl methyl sites for hydroxylation is 1. The van der Waals surface area contributed by atoms with E-state index in [2.05, 4.69) is 5.32 Å². The number of nitrogens with one attached hydrogen (secondary N) is 1. The van der Waals surface area contributed by atoms with E-state index >= 15 is 0 Å². The molecule has 3 rings (SSSR count). The van der Waals surface area contributed by atoms with Gasteiger partial charge in [0.05, 0.1) is 6.42 Å². The molecule has 0 aliphatic heterocycles. The van der Waals surface area contributed by atoms with E-state index in [1.165, 1.54) is 0 Å². The fourth-order valence-corrected chi connectivity index (χ4v) is 4.33. The molecule has 2 amide bonds. The molecule has 3 aromatic rings. The minimum Gasteiger partial charge on any atom is -0.352 e. The van der Waals surface area contributed by atoms with Crippen LogP contribution in [0, 0.1) is 6.92 Å². The van der Waals surface area contributed by atoms with Gasteiger partial charge in [0, 0.05) is 29.1 Å². The second-order valence-electron chi connectivity index (χ2n) is 8.79. The zero-order valence-corrected chi connectivity index (χ0v) is 21.2. The number of nitrogens with zero attached hydrogens (tertiary/aromatic N) is 1. The topological polar surface area (TPSA) is 49.4 Å². The Kier molecular flexibility index (Phi) is 9.14. The molecule has 3 aromatic carbocycles. The Balaban J connectivity index is 2.00. The minimum absolute atomic E-state index is 0.0568. The van der Waals surface area contributed by atoms with Crippen molar-refractivity contribution in [3.63, 3.8) is 0 Å². The van der Waals surface area contributed by atoms with Crippen LogP contribution < -0.4 is 5.32 Å². The number of rotatable bonds is 9. The SMILES string of the molecule is Cc1cccc(CC(=O)N(Cc2ccc(Cl)cc2Cl)[C@@H](Cc2ccccc2)C(=O)NC(C)C)c1. The van der Waals surface area contributed by atoms with E-state index in [9.17, 15) is 9.59 Å². The Morgan fingerprint density at radius 3 is 2.26 bits per heavy atom. The number of hydrogen-bond acceptors (Lipinski definition) is 2. The molecule has 0 unspecified atom stereocenters. The van der Waals surface area contributed by atoms with Crippen molar-refractivity contribution >= 4 is 35.0 Å². The van der Waals surface area contributed by atoms with E-state index in [0.29, 0.717) is 16.5 Å². The summed E-state index contributed by atoms with van der Waals surface area (Å²) in [7, 11) is 0. The summed E-state index contributed by atoms with van der Waals surface area (Å²) in [5.74, 6) is -0.335. The van der Waals surface area contributed by atoms with Crippen LogP contribution in [0.25, 0.3) is 0 Å². The number of carbonyl (C=O) groups excluding carboxylic acids is 2. The molecular formula is C28H30Cl2N2O2. The maximum absolute atomic E-state index is 13.7. The Hall–Kier alpha value is -2.82. The van der Waals surface area contributed by atoms with Crippen molar-refractivity contribution in [2.75, 3.05) is 0 Å². The molecule has 0 saturated heterocycles. The lowest BCUT2D eigenvalue weighted by atomic mass is 10.0. The lowest BCUT2D eigenvalue weighted by Crippen LogP contribution is -2.52.